The highest BCUT2D eigenvalue weighted by atomic mass is 35.5. The molecule has 1 aromatic carbocycles. The van der Waals surface area contributed by atoms with E-state index in [1.807, 2.05) is 6.92 Å². The average Bonchev–Trinajstić information content (AvgIpc) is 2.36. The van der Waals surface area contributed by atoms with Crippen molar-refractivity contribution >= 4 is 21.6 Å². The Bertz CT molecular complexity index is 607. The van der Waals surface area contributed by atoms with Gasteiger partial charge in [0.15, 0.2) is 0 Å². The van der Waals surface area contributed by atoms with Crippen molar-refractivity contribution in [3.8, 4) is 0 Å². The van der Waals surface area contributed by atoms with Gasteiger partial charge in [0.2, 0.25) is 10.0 Å². The third-order valence-electron chi connectivity index (χ3n) is 3.59. The first-order valence-corrected chi connectivity index (χ1v) is 8.36. The molecule has 1 aliphatic heterocycles. The molecule has 0 saturated carbocycles. The predicted molar refractivity (Wildman–Crippen MR) is 76.9 cm³/mol. The van der Waals surface area contributed by atoms with Gasteiger partial charge in [-0.25, -0.2) is 17.5 Å². The molecule has 2 rings (SSSR count). The quantitative estimate of drug-likeness (QED) is 0.896. The highest BCUT2D eigenvalue weighted by Crippen LogP contribution is 2.25. The molecule has 2 N–H and O–H groups in total. The van der Waals surface area contributed by atoms with E-state index in [9.17, 15) is 12.8 Å². The van der Waals surface area contributed by atoms with Crippen molar-refractivity contribution < 1.29 is 12.8 Å². The van der Waals surface area contributed by atoms with Gasteiger partial charge < -0.3 is 5.32 Å². The summed E-state index contributed by atoms with van der Waals surface area (Å²) in [6, 6.07) is 2.17. The topological polar surface area (TPSA) is 58.2 Å². The second-order valence-corrected chi connectivity index (χ2v) is 7.32. The number of hydrogen-bond donors (Lipinski definition) is 2. The molecular weight excluding hydrogens is 303 g/mol. The van der Waals surface area contributed by atoms with E-state index in [0.29, 0.717) is 0 Å². The lowest BCUT2D eigenvalue weighted by atomic mass is 9.97. The van der Waals surface area contributed by atoms with Crippen LogP contribution in [0.1, 0.15) is 18.9 Å². The zero-order valence-electron chi connectivity index (χ0n) is 11.4. The van der Waals surface area contributed by atoms with E-state index in [0.717, 1.165) is 25.6 Å². The number of nitrogens with one attached hydrogen (secondary N) is 2. The fourth-order valence-electron chi connectivity index (χ4n) is 2.29. The molecule has 0 radical (unpaired) electrons. The summed E-state index contributed by atoms with van der Waals surface area (Å²) in [6.07, 6.45) is 0.720. The lowest BCUT2D eigenvalue weighted by molar-refractivity contribution is 0.328. The summed E-state index contributed by atoms with van der Waals surface area (Å²) < 4.78 is 40.8. The zero-order chi connectivity index (χ0) is 14.9. The first-order valence-electron chi connectivity index (χ1n) is 6.50. The standard InChI is InChI=1S/C13H18ClFN2O2S/c1-8-5-13(10(14)6-11(8)15)20(18,19)17-12-3-4-16-7-9(12)2/h5-6,9,12,16-17H,3-4,7H2,1-2H3. The van der Waals surface area contributed by atoms with E-state index >= 15 is 0 Å². The maximum absolute atomic E-state index is 13.4. The number of aryl methyl sites for hydroxylation is 1. The smallest absolute Gasteiger partial charge is 0.242 e. The maximum Gasteiger partial charge on any atom is 0.242 e. The maximum atomic E-state index is 13.4. The fourth-order valence-corrected chi connectivity index (χ4v) is 4.27. The van der Waals surface area contributed by atoms with Gasteiger partial charge >= 0.3 is 0 Å². The molecule has 4 nitrogen and oxygen atoms in total. The fraction of sp³-hybridized carbons (Fsp3) is 0.538. The summed E-state index contributed by atoms with van der Waals surface area (Å²) in [4.78, 5) is -0.0659. The minimum Gasteiger partial charge on any atom is -0.316 e. The van der Waals surface area contributed by atoms with E-state index in [-0.39, 0.29) is 27.4 Å². The summed E-state index contributed by atoms with van der Waals surface area (Å²) >= 11 is 5.87. The molecule has 0 amide bonds. The predicted octanol–water partition coefficient (Wildman–Crippen LogP) is 2.06. The van der Waals surface area contributed by atoms with Gasteiger partial charge in [0.1, 0.15) is 10.7 Å². The number of hydrogen-bond acceptors (Lipinski definition) is 3. The number of halogens is 2. The largest absolute Gasteiger partial charge is 0.316 e. The molecule has 0 aromatic heterocycles. The molecule has 20 heavy (non-hydrogen) atoms. The summed E-state index contributed by atoms with van der Waals surface area (Å²) in [5, 5.41) is 3.11. The monoisotopic (exact) mass is 320 g/mol. The molecule has 2 atom stereocenters. The lowest BCUT2D eigenvalue weighted by Gasteiger charge is -2.30. The molecule has 1 saturated heterocycles. The van der Waals surface area contributed by atoms with Gasteiger partial charge in [-0.2, -0.15) is 0 Å². The van der Waals surface area contributed by atoms with E-state index < -0.39 is 15.8 Å². The van der Waals surface area contributed by atoms with Crippen LogP contribution in [0.4, 0.5) is 4.39 Å². The molecule has 1 fully saturated rings. The minimum atomic E-state index is -3.74. The Labute approximate surface area is 123 Å². The number of rotatable bonds is 3. The van der Waals surface area contributed by atoms with Crippen molar-refractivity contribution in [2.75, 3.05) is 13.1 Å². The van der Waals surface area contributed by atoms with Gasteiger partial charge in [-0.3, -0.25) is 0 Å². The molecular formula is C13H18ClFN2O2S. The van der Waals surface area contributed by atoms with Crippen LogP contribution in [0.25, 0.3) is 0 Å². The molecule has 0 aliphatic carbocycles. The first-order chi connectivity index (χ1) is 9.31. The van der Waals surface area contributed by atoms with Crippen molar-refractivity contribution in [2.24, 2.45) is 5.92 Å². The van der Waals surface area contributed by atoms with Crippen LogP contribution >= 0.6 is 11.6 Å². The Morgan fingerprint density at radius 1 is 1.45 bits per heavy atom. The third kappa shape index (κ3) is 3.31. The summed E-state index contributed by atoms with van der Waals surface area (Å²) in [6.45, 7) is 5.03. The van der Waals surface area contributed by atoms with Gasteiger partial charge in [-0.15, -0.1) is 0 Å². The Hall–Kier alpha value is -0.690. The second-order valence-electron chi connectivity index (χ2n) is 5.23. The molecule has 112 valence electrons. The highest BCUT2D eigenvalue weighted by Gasteiger charge is 2.28. The van der Waals surface area contributed by atoms with Crippen molar-refractivity contribution in [1.82, 2.24) is 10.0 Å². The van der Waals surface area contributed by atoms with E-state index in [2.05, 4.69) is 10.0 Å². The second kappa shape index (κ2) is 5.97. The Kier molecular flexibility index (Phi) is 4.69. The number of benzene rings is 1. The van der Waals surface area contributed by atoms with Gasteiger partial charge in [-0.1, -0.05) is 18.5 Å². The Balaban J connectivity index is 2.28. The Morgan fingerprint density at radius 2 is 2.15 bits per heavy atom. The molecule has 0 spiro atoms. The van der Waals surface area contributed by atoms with Gasteiger partial charge in [-0.05, 0) is 50.0 Å². The van der Waals surface area contributed by atoms with Crippen LogP contribution in [-0.4, -0.2) is 27.5 Å². The van der Waals surface area contributed by atoms with Gasteiger partial charge in [0.05, 0.1) is 5.02 Å². The SMILES string of the molecule is Cc1cc(S(=O)(=O)NC2CCNCC2C)c(Cl)cc1F. The lowest BCUT2D eigenvalue weighted by Crippen LogP contribution is -2.48. The van der Waals surface area contributed by atoms with Crippen LogP contribution < -0.4 is 10.0 Å². The van der Waals surface area contributed by atoms with Crippen molar-refractivity contribution in [3.63, 3.8) is 0 Å². The van der Waals surface area contributed by atoms with E-state index in [1.165, 1.54) is 13.0 Å². The van der Waals surface area contributed by atoms with Crippen LogP contribution in [0.3, 0.4) is 0 Å². The molecule has 1 aliphatic rings. The third-order valence-corrected chi connectivity index (χ3v) is 5.55. The number of sulfonamides is 1. The summed E-state index contributed by atoms with van der Waals surface area (Å²) in [7, 11) is -3.74. The van der Waals surface area contributed by atoms with Crippen LogP contribution in [0.5, 0.6) is 0 Å². The molecule has 2 unspecified atom stereocenters. The molecule has 7 heteroatoms. The van der Waals surface area contributed by atoms with Crippen molar-refractivity contribution in [1.29, 1.82) is 0 Å². The first kappa shape index (κ1) is 15.7. The minimum absolute atomic E-state index is 0.0659. The van der Waals surface area contributed by atoms with Gasteiger partial charge in [0.25, 0.3) is 0 Å². The van der Waals surface area contributed by atoms with Crippen LogP contribution in [0, 0.1) is 18.7 Å². The molecule has 1 heterocycles. The van der Waals surface area contributed by atoms with Crippen molar-refractivity contribution in [3.05, 3.63) is 28.5 Å². The van der Waals surface area contributed by atoms with Crippen molar-refractivity contribution in [2.45, 2.75) is 31.2 Å². The van der Waals surface area contributed by atoms with Crippen LogP contribution in [0.2, 0.25) is 5.02 Å². The zero-order valence-corrected chi connectivity index (χ0v) is 13.0. The molecule has 0 bridgehead atoms. The number of piperidine rings is 1. The van der Waals surface area contributed by atoms with Crippen LogP contribution in [0.15, 0.2) is 17.0 Å². The van der Waals surface area contributed by atoms with Crippen LogP contribution in [-0.2, 0) is 10.0 Å². The average molecular weight is 321 g/mol. The summed E-state index contributed by atoms with van der Waals surface area (Å²) in [5.41, 5.74) is 0.258. The molecule has 1 aromatic rings. The van der Waals surface area contributed by atoms with Gasteiger partial charge in [0, 0.05) is 6.04 Å². The van der Waals surface area contributed by atoms with E-state index in [1.54, 1.807) is 0 Å². The van der Waals surface area contributed by atoms with E-state index in [4.69, 9.17) is 11.6 Å². The Morgan fingerprint density at radius 3 is 2.80 bits per heavy atom. The normalized spacial score (nSPS) is 23.8. The highest BCUT2D eigenvalue weighted by molar-refractivity contribution is 7.89. The summed E-state index contributed by atoms with van der Waals surface area (Å²) in [5.74, 6) is -0.317.